The van der Waals surface area contributed by atoms with E-state index in [2.05, 4.69) is 185 Å². The van der Waals surface area contributed by atoms with E-state index in [4.69, 9.17) is 0 Å². The van der Waals surface area contributed by atoms with E-state index in [0.717, 1.165) is 72.8 Å². The van der Waals surface area contributed by atoms with Crippen LogP contribution in [0.5, 0.6) is 0 Å². The third kappa shape index (κ3) is 12.2. The molecule has 0 aliphatic heterocycles. The van der Waals surface area contributed by atoms with Gasteiger partial charge in [-0.2, -0.15) is 5.10 Å². The zero-order valence-electron chi connectivity index (χ0n) is 41.2. The van der Waals surface area contributed by atoms with E-state index in [-0.39, 0.29) is 0 Å². The van der Waals surface area contributed by atoms with Crippen LogP contribution in [0.15, 0.2) is 85.7 Å². The number of hydrogen-bond acceptors (Lipinski definition) is 10. The van der Waals surface area contributed by atoms with E-state index in [0.29, 0.717) is 47.3 Å². The minimum atomic E-state index is 0.361. The van der Waals surface area contributed by atoms with Gasteiger partial charge in [-0.05, 0) is 95.5 Å². The number of rotatable bonds is 8. The van der Waals surface area contributed by atoms with E-state index >= 15 is 0 Å². The Kier molecular flexibility index (Phi) is 17.0. The minimum Gasteiger partial charge on any atom is -0.260 e. The summed E-state index contributed by atoms with van der Waals surface area (Å²) in [6.45, 7) is 34.3. The Bertz CT molecular complexity index is 2390. The molecule has 8 aromatic heterocycles. The first kappa shape index (κ1) is 49.1. The highest BCUT2D eigenvalue weighted by Crippen LogP contribution is 2.27. The second-order valence-corrected chi connectivity index (χ2v) is 19.0. The van der Waals surface area contributed by atoms with Crippen LogP contribution in [0.4, 0.5) is 0 Å². The van der Waals surface area contributed by atoms with Gasteiger partial charge in [0.1, 0.15) is 11.3 Å². The van der Waals surface area contributed by atoms with Gasteiger partial charge in [0, 0.05) is 70.3 Å². The maximum atomic E-state index is 4.68. The molecule has 0 saturated carbocycles. The summed E-state index contributed by atoms with van der Waals surface area (Å²) in [5.74, 6) is 4.30. The lowest BCUT2D eigenvalue weighted by Gasteiger charge is -2.10. The van der Waals surface area contributed by atoms with Crippen LogP contribution in [0.3, 0.4) is 0 Å². The molecule has 64 heavy (non-hydrogen) atoms. The van der Waals surface area contributed by atoms with Crippen LogP contribution >= 0.6 is 0 Å². The number of aromatic nitrogens is 10. The fourth-order valence-corrected chi connectivity index (χ4v) is 7.15. The summed E-state index contributed by atoms with van der Waals surface area (Å²) in [5, 5.41) is 13.2. The average molecular weight is 859 g/mol. The van der Waals surface area contributed by atoms with Gasteiger partial charge in [-0.1, -0.05) is 111 Å². The summed E-state index contributed by atoms with van der Waals surface area (Å²) in [7, 11) is 0. The van der Waals surface area contributed by atoms with Gasteiger partial charge in [0.25, 0.3) is 0 Å². The molecule has 8 aromatic rings. The zero-order valence-corrected chi connectivity index (χ0v) is 41.2. The topological polar surface area (TPSA) is 129 Å². The molecule has 8 rings (SSSR count). The molecule has 0 amide bonds. The molecule has 10 heteroatoms. The highest BCUT2D eigenvalue weighted by atomic mass is 15.1. The molecule has 0 aliphatic rings. The van der Waals surface area contributed by atoms with Crippen LogP contribution in [0.1, 0.15) is 204 Å². The Balaban J connectivity index is 0.000000161. The Morgan fingerprint density at radius 3 is 1.38 bits per heavy atom. The summed E-state index contributed by atoms with van der Waals surface area (Å²) in [6.07, 6.45) is 11.3. The molecule has 0 aromatic carbocycles. The third-order valence-corrected chi connectivity index (χ3v) is 11.0. The van der Waals surface area contributed by atoms with Crippen molar-refractivity contribution in [2.24, 2.45) is 0 Å². The van der Waals surface area contributed by atoms with E-state index < -0.39 is 0 Å². The van der Waals surface area contributed by atoms with Crippen LogP contribution in [-0.2, 0) is 0 Å². The first-order valence-electron chi connectivity index (χ1n) is 23.1. The Labute approximate surface area is 381 Å². The molecular weight excluding hydrogens is 789 g/mol. The summed E-state index contributed by atoms with van der Waals surface area (Å²) in [6, 6.07) is 16.6. The fraction of sp³-hybridized carbons (Fsp3) is 0.444. The Morgan fingerprint density at radius 1 is 0.344 bits per heavy atom. The first-order valence-corrected chi connectivity index (χ1v) is 23.1. The monoisotopic (exact) mass is 859 g/mol. The maximum Gasteiger partial charge on any atom is 0.131 e. The van der Waals surface area contributed by atoms with E-state index in [1.165, 1.54) is 16.3 Å². The quantitative estimate of drug-likeness (QED) is 0.146. The predicted octanol–water partition coefficient (Wildman–Crippen LogP) is 14.3. The van der Waals surface area contributed by atoms with Crippen molar-refractivity contribution in [3.8, 4) is 0 Å². The van der Waals surface area contributed by atoms with E-state index in [9.17, 15) is 0 Å². The van der Waals surface area contributed by atoms with Crippen molar-refractivity contribution in [3.63, 3.8) is 0 Å². The lowest BCUT2D eigenvalue weighted by atomic mass is 10.0. The molecule has 8 heterocycles. The van der Waals surface area contributed by atoms with Crippen LogP contribution in [0.2, 0.25) is 0 Å². The fourth-order valence-electron chi connectivity index (χ4n) is 7.15. The normalized spacial score (nSPS) is 11.6. The van der Waals surface area contributed by atoms with Crippen LogP contribution in [-0.4, -0.2) is 50.1 Å². The number of nitrogens with zero attached hydrogens (tertiary/aromatic N) is 10. The summed E-state index contributed by atoms with van der Waals surface area (Å²) >= 11 is 0. The molecule has 0 aliphatic carbocycles. The van der Waals surface area contributed by atoms with Gasteiger partial charge >= 0.3 is 0 Å². The number of pyridine rings is 6. The smallest absolute Gasteiger partial charge is 0.131 e. The second-order valence-electron chi connectivity index (χ2n) is 19.0. The highest BCUT2D eigenvalue weighted by molar-refractivity contribution is 5.83. The molecule has 0 radical (unpaired) electrons. The molecule has 0 bridgehead atoms. The number of fused-ring (bicyclic) bond motifs is 4. The van der Waals surface area contributed by atoms with Gasteiger partial charge in [-0.3, -0.25) is 29.9 Å². The zero-order chi connectivity index (χ0) is 46.8. The minimum absolute atomic E-state index is 0.361. The lowest BCUT2D eigenvalue weighted by Crippen LogP contribution is -2.00. The van der Waals surface area contributed by atoms with Crippen molar-refractivity contribution in [2.45, 2.75) is 158 Å². The third-order valence-electron chi connectivity index (χ3n) is 11.0. The molecule has 0 saturated heterocycles. The molecule has 0 atom stereocenters. The van der Waals surface area contributed by atoms with E-state index in [1.54, 1.807) is 0 Å². The highest BCUT2D eigenvalue weighted by Gasteiger charge is 2.13. The van der Waals surface area contributed by atoms with Gasteiger partial charge in [0.05, 0.1) is 45.0 Å². The van der Waals surface area contributed by atoms with Crippen LogP contribution < -0.4 is 0 Å². The second kappa shape index (κ2) is 22.1. The lowest BCUT2D eigenvalue weighted by molar-refractivity contribution is 0.779. The van der Waals surface area contributed by atoms with Gasteiger partial charge in [-0.25, -0.2) is 9.97 Å². The average Bonchev–Trinajstić information content (AvgIpc) is 3.27. The molecular formula is C54H70N10. The molecule has 10 nitrogen and oxygen atoms in total. The van der Waals surface area contributed by atoms with Crippen molar-refractivity contribution in [3.05, 3.63) is 131 Å². The van der Waals surface area contributed by atoms with Crippen LogP contribution in [0, 0.1) is 0 Å². The van der Waals surface area contributed by atoms with Crippen molar-refractivity contribution < 1.29 is 0 Å². The largest absolute Gasteiger partial charge is 0.260 e. The molecule has 0 fully saturated rings. The van der Waals surface area contributed by atoms with Gasteiger partial charge < -0.3 is 0 Å². The van der Waals surface area contributed by atoms with Crippen molar-refractivity contribution in [1.29, 1.82) is 0 Å². The summed E-state index contributed by atoms with van der Waals surface area (Å²) in [5.41, 5.74) is 11.8. The molecule has 0 spiro atoms. The molecule has 0 N–H and O–H groups in total. The van der Waals surface area contributed by atoms with E-state index in [1.807, 2.05) is 61.4 Å². The van der Waals surface area contributed by atoms with Crippen LogP contribution in [0.25, 0.3) is 43.6 Å². The van der Waals surface area contributed by atoms with Gasteiger partial charge in [0.15, 0.2) is 0 Å². The first-order chi connectivity index (χ1) is 30.4. The molecule has 0 unspecified atom stereocenters. The Hall–Kier alpha value is -5.90. The SMILES string of the molecule is CC(C)c1cc2ccnc(C(C)C)c2nn1.CC(C)c1ccc2c(C(C)C)nccc2n1.CC(C)c1cnc2c(C(C)C)nccc2c1.CC(C)c1ncc2c(C(C)C)nccc2n1. The van der Waals surface area contributed by atoms with Crippen molar-refractivity contribution in [1.82, 2.24) is 50.1 Å². The van der Waals surface area contributed by atoms with Gasteiger partial charge in [-0.15, -0.1) is 5.10 Å². The Morgan fingerprint density at radius 2 is 0.844 bits per heavy atom. The standard InChI is InChI=1S/2C14H18N2.2C13H17N3/c1-9(2)12-7-11-5-6-15-13(10(3)4)14(11)16-8-12;1-9(2)12-6-5-11-13(16-12)7-8-15-14(11)10(3)4;1-8(2)12-10-7-15-13(9(3)4)16-11(10)5-6-14-12;1-8(2)11-7-10-5-6-14-12(9(3)4)13(10)16-15-11/h2*5-10H,1-4H3;2*5-9H,1-4H3. The van der Waals surface area contributed by atoms with Crippen molar-refractivity contribution >= 4 is 43.6 Å². The van der Waals surface area contributed by atoms with Crippen molar-refractivity contribution in [2.75, 3.05) is 0 Å². The van der Waals surface area contributed by atoms with Gasteiger partial charge in [0.2, 0.25) is 0 Å². The summed E-state index contributed by atoms with van der Waals surface area (Å²) < 4.78 is 0. The number of hydrogen-bond donors (Lipinski definition) is 0. The maximum absolute atomic E-state index is 4.68. The summed E-state index contributed by atoms with van der Waals surface area (Å²) in [4.78, 5) is 35.8. The predicted molar refractivity (Wildman–Crippen MR) is 266 cm³/mol. The molecule has 336 valence electrons.